The second-order valence-corrected chi connectivity index (χ2v) is 6.50. The summed E-state index contributed by atoms with van der Waals surface area (Å²) in [4.78, 5) is 15.6. The van der Waals surface area contributed by atoms with Gasteiger partial charge in [-0.3, -0.25) is 4.79 Å². The van der Waals surface area contributed by atoms with Gasteiger partial charge >= 0.3 is 5.97 Å². The number of aromatic nitrogens is 2. The minimum absolute atomic E-state index is 0.137. The van der Waals surface area contributed by atoms with E-state index in [9.17, 15) is 4.79 Å². The Morgan fingerprint density at radius 2 is 2.05 bits per heavy atom. The summed E-state index contributed by atoms with van der Waals surface area (Å²) < 4.78 is 5.41. The minimum atomic E-state index is -0.701. The zero-order chi connectivity index (χ0) is 14.1. The van der Waals surface area contributed by atoms with E-state index in [0.717, 1.165) is 37.4 Å². The first-order chi connectivity index (χ1) is 9.63. The van der Waals surface area contributed by atoms with Crippen molar-refractivity contribution in [3.63, 3.8) is 0 Å². The molecule has 2 fully saturated rings. The van der Waals surface area contributed by atoms with Crippen LogP contribution in [0.3, 0.4) is 0 Å². The molecule has 0 saturated heterocycles. The lowest BCUT2D eigenvalue weighted by Gasteiger charge is -2.23. The summed E-state index contributed by atoms with van der Waals surface area (Å²) in [6, 6.07) is 0. The van der Waals surface area contributed by atoms with Gasteiger partial charge in [-0.1, -0.05) is 24.9 Å². The van der Waals surface area contributed by atoms with Gasteiger partial charge in [0, 0.05) is 11.8 Å². The minimum Gasteiger partial charge on any atom is -0.481 e. The Balaban J connectivity index is 1.66. The summed E-state index contributed by atoms with van der Waals surface area (Å²) in [6.07, 6.45) is 7.02. The fraction of sp³-hybridized carbons (Fsp3) is 0.800. The molecule has 110 valence electrons. The molecule has 3 rings (SSSR count). The second kappa shape index (κ2) is 5.54. The van der Waals surface area contributed by atoms with E-state index in [1.807, 2.05) is 0 Å². The number of rotatable bonds is 3. The van der Waals surface area contributed by atoms with Crippen molar-refractivity contribution in [3.8, 4) is 0 Å². The van der Waals surface area contributed by atoms with Crippen molar-refractivity contribution in [1.29, 1.82) is 0 Å². The van der Waals surface area contributed by atoms with Crippen LogP contribution in [0.15, 0.2) is 4.52 Å². The predicted octanol–water partition coefficient (Wildman–Crippen LogP) is 3.33. The lowest BCUT2D eigenvalue weighted by Crippen LogP contribution is -2.13. The molecular formula is C15H22N2O3. The zero-order valence-corrected chi connectivity index (χ0v) is 11.9. The van der Waals surface area contributed by atoms with E-state index in [0.29, 0.717) is 18.2 Å². The Kier molecular flexibility index (Phi) is 3.76. The second-order valence-electron chi connectivity index (χ2n) is 6.50. The summed E-state index contributed by atoms with van der Waals surface area (Å²) in [5.74, 6) is 1.84. The van der Waals surface area contributed by atoms with Crippen LogP contribution < -0.4 is 0 Å². The van der Waals surface area contributed by atoms with E-state index in [4.69, 9.17) is 9.63 Å². The van der Waals surface area contributed by atoms with Gasteiger partial charge in [0.1, 0.15) is 0 Å². The Morgan fingerprint density at radius 1 is 1.20 bits per heavy atom. The van der Waals surface area contributed by atoms with Crippen LogP contribution in [0.1, 0.15) is 75.4 Å². The van der Waals surface area contributed by atoms with Gasteiger partial charge < -0.3 is 9.63 Å². The first kappa shape index (κ1) is 13.6. The molecule has 2 saturated carbocycles. The smallest absolute Gasteiger partial charge is 0.306 e. The van der Waals surface area contributed by atoms with Crippen LogP contribution in [-0.4, -0.2) is 21.2 Å². The normalized spacial score (nSPS) is 34.2. The average molecular weight is 278 g/mol. The van der Waals surface area contributed by atoms with E-state index in [-0.39, 0.29) is 11.8 Å². The number of nitrogens with zero attached hydrogens (tertiary/aromatic N) is 2. The molecule has 0 aliphatic heterocycles. The first-order valence-electron chi connectivity index (χ1n) is 7.69. The highest BCUT2D eigenvalue weighted by atomic mass is 16.5. The summed E-state index contributed by atoms with van der Waals surface area (Å²) in [7, 11) is 0. The first-order valence-corrected chi connectivity index (χ1v) is 7.69. The Bertz CT molecular complexity index is 485. The van der Waals surface area contributed by atoms with Crippen LogP contribution in [0.4, 0.5) is 0 Å². The van der Waals surface area contributed by atoms with Crippen LogP contribution >= 0.6 is 0 Å². The molecule has 0 bridgehead atoms. The van der Waals surface area contributed by atoms with Crippen molar-refractivity contribution in [2.45, 2.75) is 63.7 Å². The molecule has 0 radical (unpaired) electrons. The van der Waals surface area contributed by atoms with Gasteiger partial charge in [-0.25, -0.2) is 0 Å². The van der Waals surface area contributed by atoms with Crippen molar-refractivity contribution in [2.75, 3.05) is 0 Å². The van der Waals surface area contributed by atoms with Crippen molar-refractivity contribution in [1.82, 2.24) is 10.1 Å². The third kappa shape index (κ3) is 2.72. The number of hydrogen-bond donors (Lipinski definition) is 1. The van der Waals surface area contributed by atoms with Crippen molar-refractivity contribution >= 4 is 5.97 Å². The lowest BCUT2D eigenvalue weighted by atomic mass is 9.82. The number of hydrogen-bond acceptors (Lipinski definition) is 4. The topological polar surface area (TPSA) is 76.2 Å². The van der Waals surface area contributed by atoms with E-state index in [1.165, 1.54) is 12.8 Å². The molecule has 4 unspecified atom stereocenters. The Morgan fingerprint density at radius 3 is 2.75 bits per heavy atom. The van der Waals surface area contributed by atoms with Crippen LogP contribution in [0, 0.1) is 11.8 Å². The lowest BCUT2D eigenvalue weighted by molar-refractivity contribution is -0.141. The summed E-state index contributed by atoms with van der Waals surface area (Å²) in [6.45, 7) is 2.28. The molecule has 0 aromatic carbocycles. The van der Waals surface area contributed by atoms with E-state index < -0.39 is 5.97 Å². The predicted molar refractivity (Wildman–Crippen MR) is 72.4 cm³/mol. The number of aliphatic carboxylic acids is 1. The average Bonchev–Trinajstić information content (AvgIpc) is 3.08. The number of carboxylic acids is 1. The van der Waals surface area contributed by atoms with Crippen LogP contribution in [0.2, 0.25) is 0 Å². The van der Waals surface area contributed by atoms with Crippen molar-refractivity contribution in [2.24, 2.45) is 11.8 Å². The van der Waals surface area contributed by atoms with Gasteiger partial charge in [-0.05, 0) is 38.0 Å². The molecule has 20 heavy (non-hydrogen) atoms. The maximum Gasteiger partial charge on any atom is 0.306 e. The highest BCUT2D eigenvalue weighted by Gasteiger charge is 2.34. The number of carboxylic acid groups (broad SMARTS) is 1. The van der Waals surface area contributed by atoms with Crippen LogP contribution in [0.25, 0.3) is 0 Å². The fourth-order valence-corrected chi connectivity index (χ4v) is 3.68. The fourth-order valence-electron chi connectivity index (χ4n) is 3.68. The van der Waals surface area contributed by atoms with E-state index in [1.54, 1.807) is 0 Å². The Labute approximate surface area is 118 Å². The van der Waals surface area contributed by atoms with Gasteiger partial charge in [-0.15, -0.1) is 0 Å². The zero-order valence-electron chi connectivity index (χ0n) is 11.9. The molecule has 0 amide bonds. The molecule has 5 nitrogen and oxygen atoms in total. The third-order valence-electron chi connectivity index (χ3n) is 4.89. The van der Waals surface area contributed by atoms with Gasteiger partial charge in [0.25, 0.3) is 0 Å². The molecular weight excluding hydrogens is 256 g/mol. The molecule has 1 heterocycles. The molecule has 1 aromatic rings. The molecule has 4 atom stereocenters. The van der Waals surface area contributed by atoms with E-state index in [2.05, 4.69) is 17.1 Å². The maximum absolute atomic E-state index is 11.0. The summed E-state index contributed by atoms with van der Waals surface area (Å²) in [5, 5.41) is 13.2. The standard InChI is InChI=1S/C15H22N2O3/c1-9-3-2-4-10(7-9)13-16-14(20-17-13)11-5-6-12(8-11)15(18)19/h9-12H,2-8H2,1H3,(H,18,19). The van der Waals surface area contributed by atoms with Gasteiger partial charge in [0.15, 0.2) is 5.82 Å². The van der Waals surface area contributed by atoms with Crippen molar-refractivity contribution < 1.29 is 14.4 Å². The summed E-state index contributed by atoms with van der Waals surface area (Å²) >= 11 is 0. The van der Waals surface area contributed by atoms with Gasteiger partial charge in [0.05, 0.1) is 5.92 Å². The maximum atomic E-state index is 11.0. The van der Waals surface area contributed by atoms with Crippen LogP contribution in [-0.2, 0) is 4.79 Å². The highest BCUT2D eigenvalue weighted by Crippen LogP contribution is 2.39. The van der Waals surface area contributed by atoms with Gasteiger partial charge in [-0.2, -0.15) is 4.98 Å². The molecule has 5 heteroatoms. The third-order valence-corrected chi connectivity index (χ3v) is 4.89. The summed E-state index contributed by atoms with van der Waals surface area (Å²) in [5.41, 5.74) is 0. The van der Waals surface area contributed by atoms with Crippen molar-refractivity contribution in [3.05, 3.63) is 11.7 Å². The molecule has 1 aromatic heterocycles. The molecule has 2 aliphatic carbocycles. The molecule has 0 spiro atoms. The van der Waals surface area contributed by atoms with E-state index >= 15 is 0 Å². The Hall–Kier alpha value is -1.39. The van der Waals surface area contributed by atoms with Crippen LogP contribution in [0.5, 0.6) is 0 Å². The highest BCUT2D eigenvalue weighted by molar-refractivity contribution is 5.70. The largest absolute Gasteiger partial charge is 0.481 e. The van der Waals surface area contributed by atoms with Gasteiger partial charge in [0.2, 0.25) is 5.89 Å². The monoisotopic (exact) mass is 278 g/mol. The SMILES string of the molecule is CC1CCCC(c2noc(C3CCC(C(=O)O)C3)n2)C1. The number of carbonyl (C=O) groups is 1. The quantitative estimate of drug-likeness (QED) is 0.917. The molecule has 1 N–H and O–H groups in total. The molecule has 2 aliphatic rings.